The van der Waals surface area contributed by atoms with Gasteiger partial charge in [-0.05, 0) is 30.9 Å². The molecule has 0 radical (unpaired) electrons. The molecule has 1 saturated carbocycles. The van der Waals surface area contributed by atoms with E-state index in [0.29, 0.717) is 11.8 Å². The van der Waals surface area contributed by atoms with Crippen molar-refractivity contribution in [2.75, 3.05) is 19.6 Å². The standard InChI is InChI=1S/C25H28N2O2/c1-17-8-10-21(11-9-17)25(12-13-25)24(29)26-14-20-15-27(18(2)28)23(22(20)16-26)19-6-4-3-5-7-19/h3-11,20,22-23H,12-16H2,1-2H3/t20-,22-,23-/m1/s1. The fourth-order valence-corrected chi connectivity index (χ4v) is 5.54. The first-order chi connectivity index (χ1) is 14.0. The van der Waals surface area contributed by atoms with Crippen molar-refractivity contribution in [1.82, 2.24) is 9.80 Å². The summed E-state index contributed by atoms with van der Waals surface area (Å²) in [6.07, 6.45) is 1.89. The summed E-state index contributed by atoms with van der Waals surface area (Å²) in [5.41, 5.74) is 3.26. The fraction of sp³-hybridized carbons (Fsp3) is 0.440. The van der Waals surface area contributed by atoms with E-state index in [1.807, 2.05) is 23.1 Å². The van der Waals surface area contributed by atoms with Crippen LogP contribution in [0.25, 0.3) is 0 Å². The van der Waals surface area contributed by atoms with Crippen LogP contribution in [-0.4, -0.2) is 41.2 Å². The number of carbonyl (C=O) groups excluding carboxylic acids is 2. The molecule has 3 atom stereocenters. The molecule has 29 heavy (non-hydrogen) atoms. The third-order valence-electron chi connectivity index (χ3n) is 7.26. The van der Waals surface area contributed by atoms with E-state index in [1.165, 1.54) is 11.1 Å². The lowest BCUT2D eigenvalue weighted by atomic mass is 9.89. The molecule has 1 aliphatic carbocycles. The normalized spacial score (nSPS) is 27.0. The summed E-state index contributed by atoms with van der Waals surface area (Å²) < 4.78 is 0. The molecule has 0 bridgehead atoms. The van der Waals surface area contributed by atoms with Gasteiger partial charge in [0.2, 0.25) is 11.8 Å². The van der Waals surface area contributed by atoms with Gasteiger partial charge in [-0.25, -0.2) is 0 Å². The van der Waals surface area contributed by atoms with Gasteiger partial charge in [0.25, 0.3) is 0 Å². The van der Waals surface area contributed by atoms with Gasteiger partial charge in [-0.3, -0.25) is 9.59 Å². The molecule has 2 saturated heterocycles. The van der Waals surface area contributed by atoms with Crippen LogP contribution >= 0.6 is 0 Å². The molecule has 2 aromatic carbocycles. The van der Waals surface area contributed by atoms with Crippen LogP contribution in [0.3, 0.4) is 0 Å². The highest BCUT2D eigenvalue weighted by Gasteiger charge is 2.56. The van der Waals surface area contributed by atoms with Crippen molar-refractivity contribution < 1.29 is 9.59 Å². The first-order valence-electron chi connectivity index (χ1n) is 10.7. The minimum atomic E-state index is -0.311. The van der Waals surface area contributed by atoms with Crippen LogP contribution in [0.2, 0.25) is 0 Å². The molecule has 2 heterocycles. The number of benzene rings is 2. The lowest BCUT2D eigenvalue weighted by molar-refractivity contribution is -0.133. The smallest absolute Gasteiger partial charge is 0.233 e. The Morgan fingerprint density at radius 2 is 1.62 bits per heavy atom. The Bertz CT molecular complexity index is 933. The molecule has 0 spiro atoms. The van der Waals surface area contributed by atoms with Crippen molar-refractivity contribution in [1.29, 1.82) is 0 Å². The number of nitrogens with zero attached hydrogens (tertiary/aromatic N) is 2. The van der Waals surface area contributed by atoms with Crippen molar-refractivity contribution in [2.24, 2.45) is 11.8 Å². The van der Waals surface area contributed by atoms with Crippen LogP contribution in [0.5, 0.6) is 0 Å². The second-order valence-electron chi connectivity index (χ2n) is 9.11. The molecular weight excluding hydrogens is 360 g/mol. The quantitative estimate of drug-likeness (QED) is 0.804. The first kappa shape index (κ1) is 18.4. The van der Waals surface area contributed by atoms with E-state index >= 15 is 0 Å². The average Bonchev–Trinajstić information content (AvgIpc) is 3.30. The van der Waals surface area contributed by atoms with Crippen molar-refractivity contribution in [3.05, 3.63) is 71.3 Å². The summed E-state index contributed by atoms with van der Waals surface area (Å²) in [7, 11) is 0. The number of hydrogen-bond donors (Lipinski definition) is 0. The third-order valence-corrected chi connectivity index (χ3v) is 7.26. The maximum Gasteiger partial charge on any atom is 0.233 e. The van der Waals surface area contributed by atoms with Gasteiger partial charge in [-0.1, -0.05) is 60.2 Å². The maximum atomic E-state index is 13.6. The summed E-state index contributed by atoms with van der Waals surface area (Å²) in [4.78, 5) is 30.0. The number of rotatable bonds is 3. The van der Waals surface area contributed by atoms with E-state index in [-0.39, 0.29) is 23.3 Å². The molecule has 2 aliphatic heterocycles. The number of likely N-dealkylation sites (tertiary alicyclic amines) is 2. The Hall–Kier alpha value is -2.62. The SMILES string of the molecule is CC(=O)N1C[C@H]2CN(C(=O)C3(c4ccc(C)cc4)CC3)C[C@H]2[C@H]1c1ccccc1. The minimum Gasteiger partial charge on any atom is -0.341 e. The van der Waals surface area contributed by atoms with Gasteiger partial charge < -0.3 is 9.80 Å². The van der Waals surface area contributed by atoms with E-state index in [0.717, 1.165) is 38.0 Å². The van der Waals surface area contributed by atoms with Gasteiger partial charge in [0.1, 0.15) is 0 Å². The zero-order valence-electron chi connectivity index (χ0n) is 17.2. The van der Waals surface area contributed by atoms with Gasteiger partial charge >= 0.3 is 0 Å². The number of aryl methyl sites for hydroxylation is 1. The van der Waals surface area contributed by atoms with Crippen molar-refractivity contribution >= 4 is 11.8 Å². The van der Waals surface area contributed by atoms with Gasteiger partial charge in [-0.2, -0.15) is 0 Å². The predicted molar refractivity (Wildman–Crippen MR) is 112 cm³/mol. The highest BCUT2D eigenvalue weighted by molar-refractivity contribution is 5.91. The molecule has 2 amide bonds. The van der Waals surface area contributed by atoms with Crippen LogP contribution in [0.1, 0.15) is 42.5 Å². The Balaban J connectivity index is 1.39. The second-order valence-corrected chi connectivity index (χ2v) is 9.11. The molecule has 4 nitrogen and oxygen atoms in total. The van der Waals surface area contributed by atoms with Crippen LogP contribution in [-0.2, 0) is 15.0 Å². The average molecular weight is 389 g/mol. The molecule has 5 rings (SSSR count). The Morgan fingerprint density at radius 3 is 2.24 bits per heavy atom. The van der Waals surface area contributed by atoms with Gasteiger partial charge in [0.15, 0.2) is 0 Å². The molecule has 0 unspecified atom stereocenters. The van der Waals surface area contributed by atoms with Gasteiger partial charge in [-0.15, -0.1) is 0 Å². The van der Waals surface area contributed by atoms with Crippen LogP contribution in [0, 0.1) is 18.8 Å². The number of hydrogen-bond acceptors (Lipinski definition) is 2. The summed E-state index contributed by atoms with van der Waals surface area (Å²) in [5, 5.41) is 0. The second kappa shape index (κ2) is 6.72. The Kier molecular flexibility index (Phi) is 4.27. The highest BCUT2D eigenvalue weighted by atomic mass is 16.2. The predicted octanol–water partition coefficient (Wildman–Crippen LogP) is 3.70. The molecule has 2 aromatic rings. The highest BCUT2D eigenvalue weighted by Crippen LogP contribution is 2.52. The van der Waals surface area contributed by atoms with Gasteiger partial charge in [0.05, 0.1) is 11.5 Å². The van der Waals surface area contributed by atoms with Crippen LogP contribution in [0.15, 0.2) is 54.6 Å². The first-order valence-corrected chi connectivity index (χ1v) is 10.7. The fourth-order valence-electron chi connectivity index (χ4n) is 5.54. The van der Waals surface area contributed by atoms with E-state index in [4.69, 9.17) is 0 Å². The third kappa shape index (κ3) is 2.97. The zero-order valence-corrected chi connectivity index (χ0v) is 17.2. The zero-order chi connectivity index (χ0) is 20.2. The lowest BCUT2D eigenvalue weighted by Crippen LogP contribution is -2.41. The maximum absolute atomic E-state index is 13.6. The van der Waals surface area contributed by atoms with Crippen molar-refractivity contribution in [3.63, 3.8) is 0 Å². The topological polar surface area (TPSA) is 40.6 Å². The van der Waals surface area contributed by atoms with Crippen LogP contribution in [0.4, 0.5) is 0 Å². The van der Waals surface area contributed by atoms with E-state index in [9.17, 15) is 9.59 Å². The summed E-state index contributed by atoms with van der Waals surface area (Å²) in [6, 6.07) is 18.9. The molecule has 150 valence electrons. The minimum absolute atomic E-state index is 0.0750. The molecular formula is C25H28N2O2. The Labute approximate surface area is 172 Å². The molecule has 0 aromatic heterocycles. The molecule has 0 N–H and O–H groups in total. The monoisotopic (exact) mass is 388 g/mol. The Morgan fingerprint density at radius 1 is 0.931 bits per heavy atom. The van der Waals surface area contributed by atoms with Crippen LogP contribution < -0.4 is 0 Å². The van der Waals surface area contributed by atoms with Crippen molar-refractivity contribution in [3.8, 4) is 0 Å². The van der Waals surface area contributed by atoms with E-state index in [2.05, 4.69) is 48.2 Å². The van der Waals surface area contributed by atoms with Gasteiger partial charge in [0, 0.05) is 38.4 Å². The summed E-state index contributed by atoms with van der Waals surface area (Å²) in [6.45, 7) is 6.01. The summed E-state index contributed by atoms with van der Waals surface area (Å²) >= 11 is 0. The number of amides is 2. The van der Waals surface area contributed by atoms with E-state index < -0.39 is 0 Å². The summed E-state index contributed by atoms with van der Waals surface area (Å²) in [5.74, 6) is 1.10. The molecule has 3 aliphatic rings. The number of carbonyl (C=O) groups is 2. The van der Waals surface area contributed by atoms with E-state index in [1.54, 1.807) is 6.92 Å². The molecule has 4 heteroatoms. The van der Waals surface area contributed by atoms with Crippen molar-refractivity contribution in [2.45, 2.75) is 38.1 Å². The molecule has 3 fully saturated rings. The lowest BCUT2D eigenvalue weighted by Gasteiger charge is -2.30. The largest absolute Gasteiger partial charge is 0.341 e. The number of fused-ring (bicyclic) bond motifs is 1.